The Bertz CT molecular complexity index is 1410. The second-order valence-electron chi connectivity index (χ2n) is 9.72. The quantitative estimate of drug-likeness (QED) is 0.475. The third-order valence-corrected chi connectivity index (χ3v) is 8.61. The molecule has 0 aliphatic carbocycles. The maximum atomic E-state index is 12.9. The number of benzene rings is 2. The number of nitrogens with zero attached hydrogens (tertiary/aromatic N) is 3. The molecule has 7 nitrogen and oxygen atoms in total. The SMILES string of the molecule is CCS(=O)(=O)c1ccc(CNC(=O)c2ccc3c(c2)CCN(Cc2ccc(C#N)nc2)[C@H]3C(C)C)cc1. The maximum absolute atomic E-state index is 12.9. The van der Waals surface area contributed by atoms with Crippen LogP contribution in [-0.4, -0.2) is 36.5 Å². The smallest absolute Gasteiger partial charge is 0.251 e. The molecule has 1 N–H and O–H groups in total. The highest BCUT2D eigenvalue weighted by molar-refractivity contribution is 7.91. The van der Waals surface area contributed by atoms with Crippen LogP contribution in [0.5, 0.6) is 0 Å². The number of aromatic nitrogens is 1. The van der Waals surface area contributed by atoms with Gasteiger partial charge in [-0.05, 0) is 64.9 Å². The van der Waals surface area contributed by atoms with Crippen LogP contribution in [0.4, 0.5) is 0 Å². The molecular weight excluding hydrogens is 484 g/mol. The first kappa shape index (κ1) is 26.5. The second kappa shape index (κ2) is 11.2. The molecular formula is C29H32N4O3S. The summed E-state index contributed by atoms with van der Waals surface area (Å²) in [7, 11) is -3.24. The van der Waals surface area contributed by atoms with Crippen LogP contribution in [0.25, 0.3) is 0 Å². The van der Waals surface area contributed by atoms with Gasteiger partial charge in [0.15, 0.2) is 9.84 Å². The zero-order valence-electron chi connectivity index (χ0n) is 21.4. The van der Waals surface area contributed by atoms with Crippen LogP contribution in [-0.2, 0) is 29.3 Å². The Morgan fingerprint density at radius 1 is 1.14 bits per heavy atom. The molecule has 2 aromatic carbocycles. The maximum Gasteiger partial charge on any atom is 0.251 e. The predicted octanol–water partition coefficient (Wildman–Crippen LogP) is 4.43. The highest BCUT2D eigenvalue weighted by Crippen LogP contribution is 2.36. The molecule has 192 valence electrons. The Labute approximate surface area is 219 Å². The van der Waals surface area contributed by atoms with Crippen molar-refractivity contribution in [3.8, 4) is 6.07 Å². The first-order valence-corrected chi connectivity index (χ1v) is 14.2. The highest BCUT2D eigenvalue weighted by Gasteiger charge is 2.30. The molecule has 0 fully saturated rings. The topological polar surface area (TPSA) is 103 Å². The number of carbonyl (C=O) groups is 1. The first-order chi connectivity index (χ1) is 17.7. The van der Waals surface area contributed by atoms with Crippen LogP contribution < -0.4 is 5.32 Å². The summed E-state index contributed by atoms with van der Waals surface area (Å²) in [6.45, 7) is 7.98. The van der Waals surface area contributed by atoms with Gasteiger partial charge in [0.25, 0.3) is 5.91 Å². The lowest BCUT2D eigenvalue weighted by Gasteiger charge is -2.40. The molecule has 0 saturated heterocycles. The zero-order chi connectivity index (χ0) is 26.6. The van der Waals surface area contributed by atoms with Gasteiger partial charge in [0.1, 0.15) is 11.8 Å². The molecule has 1 amide bonds. The van der Waals surface area contributed by atoms with Crippen molar-refractivity contribution in [3.63, 3.8) is 0 Å². The number of nitriles is 1. The third kappa shape index (κ3) is 6.07. The number of sulfone groups is 1. The minimum Gasteiger partial charge on any atom is -0.348 e. The van der Waals surface area contributed by atoms with E-state index < -0.39 is 9.84 Å². The molecule has 1 aliphatic heterocycles. The van der Waals surface area contributed by atoms with Crippen molar-refractivity contribution in [2.45, 2.75) is 51.2 Å². The van der Waals surface area contributed by atoms with Crippen molar-refractivity contribution in [3.05, 3.63) is 94.3 Å². The molecule has 0 unspecified atom stereocenters. The summed E-state index contributed by atoms with van der Waals surface area (Å²) in [5.41, 5.74) is 5.39. The lowest BCUT2D eigenvalue weighted by molar-refractivity contribution is 0.0950. The van der Waals surface area contributed by atoms with Crippen LogP contribution in [0.2, 0.25) is 0 Å². The molecule has 0 saturated carbocycles. The van der Waals surface area contributed by atoms with Gasteiger partial charge >= 0.3 is 0 Å². The molecule has 0 radical (unpaired) electrons. The van der Waals surface area contributed by atoms with E-state index in [-0.39, 0.29) is 17.7 Å². The molecule has 2 heterocycles. The van der Waals surface area contributed by atoms with Gasteiger partial charge in [0.2, 0.25) is 0 Å². The Morgan fingerprint density at radius 2 is 1.86 bits per heavy atom. The lowest BCUT2D eigenvalue weighted by atomic mass is 9.85. The van der Waals surface area contributed by atoms with E-state index in [0.717, 1.165) is 30.6 Å². The highest BCUT2D eigenvalue weighted by atomic mass is 32.2. The van der Waals surface area contributed by atoms with Crippen molar-refractivity contribution >= 4 is 15.7 Å². The fraction of sp³-hybridized carbons (Fsp3) is 0.345. The van der Waals surface area contributed by atoms with Gasteiger partial charge in [-0.3, -0.25) is 9.69 Å². The van der Waals surface area contributed by atoms with E-state index >= 15 is 0 Å². The normalized spacial score (nSPS) is 15.7. The number of rotatable bonds is 8. The Kier molecular flexibility index (Phi) is 8.06. The number of hydrogen-bond acceptors (Lipinski definition) is 6. The van der Waals surface area contributed by atoms with Crippen LogP contribution in [0, 0.1) is 17.2 Å². The van der Waals surface area contributed by atoms with Crippen LogP contribution in [0.15, 0.2) is 65.7 Å². The molecule has 1 atom stereocenters. The number of carbonyl (C=O) groups excluding carboxylic acids is 1. The van der Waals surface area contributed by atoms with E-state index in [9.17, 15) is 13.2 Å². The minimum absolute atomic E-state index is 0.0590. The van der Waals surface area contributed by atoms with Gasteiger partial charge in [-0.2, -0.15) is 5.26 Å². The minimum atomic E-state index is -3.24. The molecule has 37 heavy (non-hydrogen) atoms. The zero-order valence-corrected chi connectivity index (χ0v) is 22.3. The van der Waals surface area contributed by atoms with Crippen molar-refractivity contribution in [2.24, 2.45) is 5.92 Å². The molecule has 0 spiro atoms. The molecule has 4 rings (SSSR count). The van der Waals surface area contributed by atoms with Gasteiger partial charge < -0.3 is 5.32 Å². The standard InChI is InChI=1S/C29H32N4O3S/c1-4-37(35,36)26-10-6-21(7-11-26)17-32-29(34)24-8-12-27-23(15-24)13-14-33(28(27)20(2)3)19-22-5-9-25(16-30)31-18-22/h5-12,15,18,20,28H,4,13-14,17,19H2,1-3H3,(H,32,34)/t28-/m0/s1. The van der Waals surface area contributed by atoms with Crippen LogP contribution >= 0.6 is 0 Å². The van der Waals surface area contributed by atoms with Gasteiger partial charge in [-0.15, -0.1) is 0 Å². The van der Waals surface area contributed by atoms with E-state index in [1.54, 1.807) is 43.5 Å². The van der Waals surface area contributed by atoms with E-state index in [2.05, 4.69) is 41.2 Å². The first-order valence-electron chi connectivity index (χ1n) is 12.5. The van der Waals surface area contributed by atoms with E-state index in [1.165, 1.54) is 11.1 Å². The summed E-state index contributed by atoms with van der Waals surface area (Å²) in [5, 5.41) is 12.0. The largest absolute Gasteiger partial charge is 0.348 e. The molecule has 1 aliphatic rings. The van der Waals surface area contributed by atoms with Gasteiger partial charge in [-0.25, -0.2) is 13.4 Å². The fourth-order valence-corrected chi connectivity index (χ4v) is 5.78. The second-order valence-corrected chi connectivity index (χ2v) is 12.0. The summed E-state index contributed by atoms with van der Waals surface area (Å²) >= 11 is 0. The number of amides is 1. The fourth-order valence-electron chi connectivity index (χ4n) is 4.89. The lowest BCUT2D eigenvalue weighted by Crippen LogP contribution is -2.38. The van der Waals surface area contributed by atoms with Crippen molar-refractivity contribution < 1.29 is 13.2 Å². The molecule has 8 heteroatoms. The monoisotopic (exact) mass is 516 g/mol. The average molecular weight is 517 g/mol. The Balaban J connectivity index is 1.45. The number of hydrogen-bond donors (Lipinski definition) is 1. The predicted molar refractivity (Wildman–Crippen MR) is 142 cm³/mol. The molecule has 0 bridgehead atoms. The summed E-state index contributed by atoms with van der Waals surface area (Å²) in [6.07, 6.45) is 2.62. The average Bonchev–Trinajstić information content (AvgIpc) is 2.91. The summed E-state index contributed by atoms with van der Waals surface area (Å²) in [6, 6.07) is 18.6. The van der Waals surface area contributed by atoms with Crippen LogP contribution in [0.1, 0.15) is 65.1 Å². The number of fused-ring (bicyclic) bond motifs is 1. The van der Waals surface area contributed by atoms with E-state index in [1.807, 2.05) is 18.2 Å². The number of pyridine rings is 1. The molecule has 3 aromatic rings. The van der Waals surface area contributed by atoms with Crippen molar-refractivity contribution in [1.82, 2.24) is 15.2 Å². The van der Waals surface area contributed by atoms with Crippen molar-refractivity contribution in [1.29, 1.82) is 5.26 Å². The third-order valence-electron chi connectivity index (χ3n) is 6.86. The summed E-state index contributed by atoms with van der Waals surface area (Å²) in [4.78, 5) is 19.8. The van der Waals surface area contributed by atoms with E-state index in [0.29, 0.717) is 28.6 Å². The Morgan fingerprint density at radius 3 is 2.49 bits per heavy atom. The van der Waals surface area contributed by atoms with Gasteiger partial charge in [0.05, 0.1) is 10.6 Å². The summed E-state index contributed by atoms with van der Waals surface area (Å²) < 4.78 is 24.0. The molecule has 1 aromatic heterocycles. The van der Waals surface area contributed by atoms with Gasteiger partial charge in [0, 0.05) is 37.4 Å². The van der Waals surface area contributed by atoms with Crippen molar-refractivity contribution in [2.75, 3.05) is 12.3 Å². The van der Waals surface area contributed by atoms with E-state index in [4.69, 9.17) is 5.26 Å². The number of nitrogens with one attached hydrogen (secondary N) is 1. The van der Waals surface area contributed by atoms with Gasteiger partial charge in [-0.1, -0.05) is 45.0 Å². The Hall–Kier alpha value is -3.54. The summed E-state index contributed by atoms with van der Waals surface area (Å²) in [5.74, 6) is 0.286. The van der Waals surface area contributed by atoms with Crippen LogP contribution in [0.3, 0.4) is 0 Å².